The van der Waals surface area contributed by atoms with Crippen molar-refractivity contribution in [1.29, 1.82) is 0 Å². The lowest BCUT2D eigenvalue weighted by Crippen LogP contribution is -2.15. The molecule has 0 fully saturated rings. The average molecular weight is 304 g/mol. The number of hydrogen-bond acceptors (Lipinski definition) is 4. The smallest absolute Gasteiger partial charge is 0.296 e. The van der Waals surface area contributed by atoms with Gasteiger partial charge in [0, 0.05) is 18.0 Å². The number of nitrogens with one attached hydrogen (secondary N) is 1. The standard InChI is InChI=1S/C11H11F3N4OS/c1-5-6(2)20-10(15-5)16-9(19)7-4-8(11(12,13)14)17-18(7)3/h4H,1-3H3,(H,15,16,19). The summed E-state index contributed by atoms with van der Waals surface area (Å²) in [6.07, 6.45) is -4.58. The summed E-state index contributed by atoms with van der Waals surface area (Å²) in [7, 11) is 1.28. The second kappa shape index (κ2) is 4.89. The minimum absolute atomic E-state index is 0.178. The molecule has 0 unspecified atom stereocenters. The van der Waals surface area contributed by atoms with E-state index in [0.29, 0.717) is 11.2 Å². The fourth-order valence-corrected chi connectivity index (χ4v) is 2.32. The lowest BCUT2D eigenvalue weighted by Gasteiger charge is -2.00. The van der Waals surface area contributed by atoms with Gasteiger partial charge in [-0.25, -0.2) is 4.98 Å². The largest absolute Gasteiger partial charge is 0.435 e. The van der Waals surface area contributed by atoms with E-state index < -0.39 is 17.8 Å². The quantitative estimate of drug-likeness (QED) is 0.928. The molecule has 2 aromatic heterocycles. The third-order valence-corrected chi connectivity index (χ3v) is 3.64. The van der Waals surface area contributed by atoms with E-state index >= 15 is 0 Å². The maximum atomic E-state index is 12.5. The molecule has 2 heterocycles. The molecule has 108 valence electrons. The van der Waals surface area contributed by atoms with Gasteiger partial charge in [0.25, 0.3) is 5.91 Å². The van der Waals surface area contributed by atoms with Gasteiger partial charge in [0.1, 0.15) is 5.69 Å². The fraction of sp³-hybridized carbons (Fsp3) is 0.364. The second-order valence-corrected chi connectivity index (χ2v) is 5.35. The molecule has 0 aliphatic heterocycles. The molecule has 1 N–H and O–H groups in total. The monoisotopic (exact) mass is 304 g/mol. The van der Waals surface area contributed by atoms with E-state index in [1.165, 1.54) is 18.4 Å². The highest BCUT2D eigenvalue weighted by Crippen LogP contribution is 2.28. The fourth-order valence-electron chi connectivity index (χ4n) is 1.51. The summed E-state index contributed by atoms with van der Waals surface area (Å²) in [6.45, 7) is 3.63. The summed E-state index contributed by atoms with van der Waals surface area (Å²) in [4.78, 5) is 17.0. The molecule has 0 saturated heterocycles. The minimum Gasteiger partial charge on any atom is -0.296 e. The molecule has 0 aromatic carbocycles. The number of carbonyl (C=O) groups excluding carboxylic acids is 1. The van der Waals surface area contributed by atoms with Gasteiger partial charge in [-0.05, 0) is 13.8 Å². The van der Waals surface area contributed by atoms with E-state index in [1.54, 1.807) is 6.92 Å². The Morgan fingerprint density at radius 3 is 2.50 bits per heavy atom. The molecule has 0 saturated carbocycles. The van der Waals surface area contributed by atoms with Crippen LogP contribution in [0.2, 0.25) is 0 Å². The van der Waals surface area contributed by atoms with E-state index in [1.807, 2.05) is 6.92 Å². The number of halogens is 3. The number of alkyl halides is 3. The summed E-state index contributed by atoms with van der Waals surface area (Å²) in [5, 5.41) is 6.09. The zero-order valence-electron chi connectivity index (χ0n) is 10.9. The first-order chi connectivity index (χ1) is 9.18. The number of anilines is 1. The predicted octanol–water partition coefficient (Wildman–Crippen LogP) is 2.76. The first-order valence-electron chi connectivity index (χ1n) is 5.55. The first kappa shape index (κ1) is 14.5. The number of thiazole rings is 1. The second-order valence-electron chi connectivity index (χ2n) is 4.15. The topological polar surface area (TPSA) is 59.8 Å². The Balaban J connectivity index is 2.23. The molecule has 0 bridgehead atoms. The maximum absolute atomic E-state index is 12.5. The van der Waals surface area contributed by atoms with Crippen LogP contribution in [0.4, 0.5) is 18.3 Å². The van der Waals surface area contributed by atoms with Gasteiger partial charge in [-0.15, -0.1) is 11.3 Å². The van der Waals surface area contributed by atoms with Gasteiger partial charge in [0.05, 0.1) is 5.69 Å². The van der Waals surface area contributed by atoms with E-state index in [4.69, 9.17) is 0 Å². The number of carbonyl (C=O) groups is 1. The number of aromatic nitrogens is 3. The van der Waals surface area contributed by atoms with Crippen molar-refractivity contribution >= 4 is 22.4 Å². The van der Waals surface area contributed by atoms with Crippen molar-refractivity contribution in [3.05, 3.63) is 28.0 Å². The van der Waals surface area contributed by atoms with Crippen molar-refractivity contribution in [2.45, 2.75) is 20.0 Å². The molecule has 1 amide bonds. The van der Waals surface area contributed by atoms with Crippen molar-refractivity contribution in [2.75, 3.05) is 5.32 Å². The lowest BCUT2D eigenvalue weighted by molar-refractivity contribution is -0.141. The van der Waals surface area contributed by atoms with Crippen LogP contribution in [0.15, 0.2) is 6.07 Å². The molecule has 2 rings (SSSR count). The van der Waals surface area contributed by atoms with Crippen LogP contribution < -0.4 is 5.32 Å². The number of amides is 1. The van der Waals surface area contributed by atoms with Crippen molar-refractivity contribution in [3.63, 3.8) is 0 Å². The van der Waals surface area contributed by atoms with Gasteiger partial charge < -0.3 is 0 Å². The van der Waals surface area contributed by atoms with Crippen molar-refractivity contribution in [2.24, 2.45) is 7.05 Å². The van der Waals surface area contributed by atoms with Gasteiger partial charge in [-0.1, -0.05) is 0 Å². The Hall–Kier alpha value is -1.90. The average Bonchev–Trinajstić information content (AvgIpc) is 2.83. The molecule has 0 radical (unpaired) electrons. The first-order valence-corrected chi connectivity index (χ1v) is 6.36. The van der Waals surface area contributed by atoms with Crippen LogP contribution in [-0.2, 0) is 13.2 Å². The van der Waals surface area contributed by atoms with Crippen molar-refractivity contribution in [3.8, 4) is 0 Å². The van der Waals surface area contributed by atoms with Crippen LogP contribution in [0.5, 0.6) is 0 Å². The Kier molecular flexibility index (Phi) is 3.55. The van der Waals surface area contributed by atoms with Gasteiger partial charge in [-0.2, -0.15) is 18.3 Å². The molecule has 20 heavy (non-hydrogen) atoms. The number of hydrogen-bond donors (Lipinski definition) is 1. The normalized spacial score (nSPS) is 11.7. The maximum Gasteiger partial charge on any atom is 0.435 e. The molecule has 2 aromatic rings. The number of rotatable bonds is 2. The molecule has 5 nitrogen and oxygen atoms in total. The van der Waals surface area contributed by atoms with E-state index in [9.17, 15) is 18.0 Å². The van der Waals surface area contributed by atoms with Crippen LogP contribution in [0.3, 0.4) is 0 Å². The molecule has 0 aliphatic rings. The molecule has 9 heteroatoms. The van der Waals surface area contributed by atoms with Gasteiger partial charge in [-0.3, -0.25) is 14.8 Å². The van der Waals surface area contributed by atoms with Crippen LogP contribution in [-0.4, -0.2) is 20.7 Å². The zero-order chi connectivity index (χ0) is 15.1. The molecule has 0 aliphatic carbocycles. The van der Waals surface area contributed by atoms with Gasteiger partial charge >= 0.3 is 6.18 Å². The molecule has 0 atom stereocenters. The van der Waals surface area contributed by atoms with Crippen molar-refractivity contribution < 1.29 is 18.0 Å². The van der Waals surface area contributed by atoms with Gasteiger partial charge in [0.2, 0.25) is 0 Å². The Morgan fingerprint density at radius 2 is 2.05 bits per heavy atom. The van der Waals surface area contributed by atoms with Gasteiger partial charge in [0.15, 0.2) is 10.8 Å². The summed E-state index contributed by atoms with van der Waals surface area (Å²) >= 11 is 1.26. The van der Waals surface area contributed by atoms with E-state index in [0.717, 1.165) is 15.3 Å². The van der Waals surface area contributed by atoms with Crippen molar-refractivity contribution in [1.82, 2.24) is 14.8 Å². The number of nitrogens with zero attached hydrogens (tertiary/aromatic N) is 3. The highest BCUT2D eigenvalue weighted by molar-refractivity contribution is 7.15. The van der Waals surface area contributed by atoms with Crippen LogP contribution in [0.1, 0.15) is 26.8 Å². The third kappa shape index (κ3) is 2.82. The highest BCUT2D eigenvalue weighted by atomic mass is 32.1. The Morgan fingerprint density at radius 1 is 1.40 bits per heavy atom. The highest BCUT2D eigenvalue weighted by Gasteiger charge is 2.35. The summed E-state index contributed by atoms with van der Waals surface area (Å²) < 4.78 is 38.4. The van der Waals surface area contributed by atoms with E-state index in [2.05, 4.69) is 15.4 Å². The Bertz CT molecular complexity index is 640. The zero-order valence-corrected chi connectivity index (χ0v) is 11.7. The summed E-state index contributed by atoms with van der Waals surface area (Å²) in [6, 6.07) is 0.711. The lowest BCUT2D eigenvalue weighted by atomic mass is 10.3. The Labute approximate surface area is 116 Å². The SMILES string of the molecule is Cc1nc(NC(=O)c2cc(C(F)(F)F)nn2C)sc1C. The minimum atomic E-state index is -4.58. The number of aryl methyl sites for hydroxylation is 3. The van der Waals surface area contributed by atoms with Crippen LogP contribution in [0.25, 0.3) is 0 Å². The molecular weight excluding hydrogens is 293 g/mol. The van der Waals surface area contributed by atoms with E-state index in [-0.39, 0.29) is 5.69 Å². The van der Waals surface area contributed by atoms with Crippen LogP contribution in [0, 0.1) is 13.8 Å². The molecular formula is C11H11F3N4OS. The molecule has 0 spiro atoms. The summed E-state index contributed by atoms with van der Waals surface area (Å²) in [5.74, 6) is -0.677. The predicted molar refractivity (Wildman–Crippen MR) is 67.8 cm³/mol. The summed E-state index contributed by atoms with van der Waals surface area (Å²) in [5.41, 5.74) is -0.509. The van der Waals surface area contributed by atoms with Crippen LogP contribution >= 0.6 is 11.3 Å². The third-order valence-electron chi connectivity index (χ3n) is 2.65.